The van der Waals surface area contributed by atoms with E-state index >= 15 is 0 Å². The van der Waals surface area contributed by atoms with Crippen LogP contribution in [0.1, 0.15) is 34.0 Å². The predicted molar refractivity (Wildman–Crippen MR) is 92.0 cm³/mol. The van der Waals surface area contributed by atoms with Gasteiger partial charge in [-0.25, -0.2) is 9.97 Å². The second kappa shape index (κ2) is 7.31. The standard InChI is InChI=1S/C18H16N2O3S/c1-12-13-5-2-3-6-14(13)20-17(19-12)11-23-18(22)9-8-15(21)16-7-4-10-24-16/h2-7,10H,8-9,11H2,1H3. The Labute approximate surface area is 143 Å². The molecule has 0 N–H and O–H groups in total. The number of hydrogen-bond acceptors (Lipinski definition) is 6. The number of carbonyl (C=O) groups excluding carboxylic acids is 2. The van der Waals surface area contributed by atoms with Crippen molar-refractivity contribution in [1.82, 2.24) is 9.97 Å². The molecule has 0 spiro atoms. The second-order valence-electron chi connectivity index (χ2n) is 5.30. The molecule has 0 atom stereocenters. The zero-order valence-electron chi connectivity index (χ0n) is 13.2. The Morgan fingerprint density at radius 1 is 1.08 bits per heavy atom. The summed E-state index contributed by atoms with van der Waals surface area (Å²) >= 11 is 1.37. The maximum Gasteiger partial charge on any atom is 0.306 e. The van der Waals surface area contributed by atoms with Crippen molar-refractivity contribution in [2.24, 2.45) is 0 Å². The fourth-order valence-electron chi connectivity index (χ4n) is 2.35. The number of benzene rings is 1. The van der Waals surface area contributed by atoms with Gasteiger partial charge in [-0.3, -0.25) is 9.59 Å². The SMILES string of the molecule is Cc1nc(COC(=O)CCC(=O)c2cccs2)nc2ccccc12. The minimum absolute atomic E-state index is 0.0116. The molecule has 2 heterocycles. The Bertz CT molecular complexity index is 875. The van der Waals surface area contributed by atoms with Gasteiger partial charge in [0.15, 0.2) is 18.2 Å². The highest BCUT2D eigenvalue weighted by Gasteiger charge is 2.12. The average Bonchev–Trinajstić information content (AvgIpc) is 3.12. The van der Waals surface area contributed by atoms with Crippen LogP contribution in [0, 0.1) is 6.92 Å². The zero-order valence-corrected chi connectivity index (χ0v) is 14.0. The maximum atomic E-state index is 11.9. The molecular weight excluding hydrogens is 324 g/mol. The van der Waals surface area contributed by atoms with Gasteiger partial charge in [-0.1, -0.05) is 24.3 Å². The monoisotopic (exact) mass is 340 g/mol. The fraction of sp³-hybridized carbons (Fsp3) is 0.222. The highest BCUT2D eigenvalue weighted by atomic mass is 32.1. The van der Waals surface area contributed by atoms with Crippen molar-refractivity contribution >= 4 is 34.0 Å². The van der Waals surface area contributed by atoms with Crippen LogP contribution in [-0.2, 0) is 16.1 Å². The molecule has 0 bridgehead atoms. The van der Waals surface area contributed by atoms with Gasteiger partial charge in [0.05, 0.1) is 16.8 Å². The Balaban J connectivity index is 1.55. The molecule has 122 valence electrons. The van der Waals surface area contributed by atoms with E-state index < -0.39 is 5.97 Å². The van der Waals surface area contributed by atoms with Crippen LogP contribution in [0.2, 0.25) is 0 Å². The molecule has 0 saturated heterocycles. The van der Waals surface area contributed by atoms with E-state index in [1.165, 1.54) is 11.3 Å². The van der Waals surface area contributed by atoms with Gasteiger partial charge in [0.1, 0.15) is 0 Å². The molecule has 5 nitrogen and oxygen atoms in total. The molecule has 2 aromatic heterocycles. The molecule has 0 amide bonds. The summed E-state index contributed by atoms with van der Waals surface area (Å²) in [6.07, 6.45) is 0.209. The summed E-state index contributed by atoms with van der Waals surface area (Å²) in [4.78, 5) is 33.1. The largest absolute Gasteiger partial charge is 0.457 e. The highest BCUT2D eigenvalue weighted by molar-refractivity contribution is 7.12. The molecular formula is C18H16N2O3S. The van der Waals surface area contributed by atoms with Gasteiger partial charge in [0, 0.05) is 17.5 Å². The van der Waals surface area contributed by atoms with E-state index in [1.54, 1.807) is 6.07 Å². The molecule has 3 rings (SSSR count). The first-order valence-corrected chi connectivity index (χ1v) is 8.46. The lowest BCUT2D eigenvalue weighted by molar-refractivity contribution is -0.145. The number of ketones is 1. The van der Waals surface area contributed by atoms with E-state index in [1.807, 2.05) is 42.6 Å². The topological polar surface area (TPSA) is 69.2 Å². The average molecular weight is 340 g/mol. The molecule has 0 aliphatic rings. The van der Waals surface area contributed by atoms with E-state index in [9.17, 15) is 9.59 Å². The summed E-state index contributed by atoms with van der Waals surface area (Å²) in [5, 5.41) is 2.82. The van der Waals surface area contributed by atoms with E-state index in [2.05, 4.69) is 9.97 Å². The summed E-state index contributed by atoms with van der Waals surface area (Å²) in [5.74, 6) is -0.00167. The van der Waals surface area contributed by atoms with Gasteiger partial charge < -0.3 is 4.74 Å². The third kappa shape index (κ3) is 3.83. The number of esters is 1. The number of aryl methyl sites for hydroxylation is 1. The highest BCUT2D eigenvalue weighted by Crippen LogP contribution is 2.15. The lowest BCUT2D eigenvalue weighted by Gasteiger charge is -2.06. The van der Waals surface area contributed by atoms with Gasteiger partial charge in [0.25, 0.3) is 0 Å². The molecule has 3 aromatic rings. The number of fused-ring (bicyclic) bond motifs is 1. The Hall–Kier alpha value is -2.60. The minimum atomic E-state index is -0.422. The molecule has 24 heavy (non-hydrogen) atoms. The summed E-state index contributed by atoms with van der Waals surface area (Å²) in [5.41, 5.74) is 1.67. The zero-order chi connectivity index (χ0) is 16.9. The first-order valence-electron chi connectivity index (χ1n) is 7.58. The molecule has 6 heteroatoms. The van der Waals surface area contributed by atoms with Crippen molar-refractivity contribution in [2.75, 3.05) is 0 Å². The summed E-state index contributed by atoms with van der Waals surface area (Å²) in [6.45, 7) is 1.91. The molecule has 0 fully saturated rings. The van der Waals surface area contributed by atoms with Crippen molar-refractivity contribution in [2.45, 2.75) is 26.4 Å². The van der Waals surface area contributed by atoms with Crippen LogP contribution in [0.5, 0.6) is 0 Å². The van der Waals surface area contributed by atoms with Gasteiger partial charge >= 0.3 is 5.97 Å². The van der Waals surface area contributed by atoms with Crippen LogP contribution in [0.3, 0.4) is 0 Å². The number of ether oxygens (including phenoxy) is 1. The summed E-state index contributed by atoms with van der Waals surface area (Å²) < 4.78 is 5.19. The van der Waals surface area contributed by atoms with E-state index in [4.69, 9.17) is 4.74 Å². The lowest BCUT2D eigenvalue weighted by Crippen LogP contribution is -2.09. The van der Waals surface area contributed by atoms with Crippen LogP contribution in [0.25, 0.3) is 10.9 Å². The first kappa shape index (κ1) is 16.3. The van der Waals surface area contributed by atoms with Crippen LogP contribution in [0.15, 0.2) is 41.8 Å². The Morgan fingerprint density at radius 2 is 1.92 bits per heavy atom. The fourth-order valence-corrected chi connectivity index (χ4v) is 3.05. The Morgan fingerprint density at radius 3 is 2.71 bits per heavy atom. The number of carbonyl (C=O) groups is 2. The molecule has 0 unspecified atom stereocenters. The third-order valence-electron chi connectivity index (χ3n) is 3.55. The van der Waals surface area contributed by atoms with Gasteiger partial charge in [-0.05, 0) is 24.4 Å². The number of hydrogen-bond donors (Lipinski definition) is 0. The van der Waals surface area contributed by atoms with E-state index in [-0.39, 0.29) is 25.2 Å². The number of para-hydroxylation sites is 1. The molecule has 0 saturated carbocycles. The van der Waals surface area contributed by atoms with Crippen molar-refractivity contribution in [3.8, 4) is 0 Å². The lowest BCUT2D eigenvalue weighted by atomic mass is 10.2. The van der Waals surface area contributed by atoms with E-state index in [0.29, 0.717) is 10.7 Å². The van der Waals surface area contributed by atoms with Crippen molar-refractivity contribution < 1.29 is 14.3 Å². The number of rotatable bonds is 6. The quantitative estimate of drug-likeness (QED) is 0.505. The van der Waals surface area contributed by atoms with Crippen molar-refractivity contribution in [3.63, 3.8) is 0 Å². The second-order valence-corrected chi connectivity index (χ2v) is 6.25. The smallest absolute Gasteiger partial charge is 0.306 e. The van der Waals surface area contributed by atoms with Gasteiger partial charge in [0.2, 0.25) is 0 Å². The molecule has 1 aromatic carbocycles. The van der Waals surface area contributed by atoms with Crippen LogP contribution < -0.4 is 0 Å². The van der Waals surface area contributed by atoms with E-state index in [0.717, 1.165) is 16.6 Å². The summed E-state index contributed by atoms with van der Waals surface area (Å²) in [7, 11) is 0. The van der Waals surface area contributed by atoms with Crippen LogP contribution in [0.4, 0.5) is 0 Å². The summed E-state index contributed by atoms with van der Waals surface area (Å²) in [6, 6.07) is 11.3. The van der Waals surface area contributed by atoms with Crippen molar-refractivity contribution in [1.29, 1.82) is 0 Å². The van der Waals surface area contributed by atoms with Crippen LogP contribution in [-0.4, -0.2) is 21.7 Å². The normalized spacial score (nSPS) is 10.7. The number of aromatic nitrogens is 2. The maximum absolute atomic E-state index is 11.9. The molecule has 0 radical (unpaired) electrons. The predicted octanol–water partition coefficient (Wildman–Crippen LogP) is 3.71. The molecule has 0 aliphatic heterocycles. The van der Waals surface area contributed by atoms with Crippen molar-refractivity contribution in [3.05, 3.63) is 58.2 Å². The Kier molecular flexibility index (Phi) is 4.96. The number of nitrogens with zero attached hydrogens (tertiary/aromatic N) is 2. The molecule has 0 aliphatic carbocycles. The third-order valence-corrected chi connectivity index (χ3v) is 4.47. The number of thiophene rings is 1. The van der Waals surface area contributed by atoms with Gasteiger partial charge in [-0.2, -0.15) is 0 Å². The minimum Gasteiger partial charge on any atom is -0.457 e. The van der Waals surface area contributed by atoms with Gasteiger partial charge in [-0.15, -0.1) is 11.3 Å². The first-order chi connectivity index (χ1) is 11.6. The number of Topliss-reactive ketones (excluding diaryl/α,β-unsaturated/α-hetero) is 1. The van der Waals surface area contributed by atoms with Crippen LogP contribution >= 0.6 is 11.3 Å².